The molecule has 0 bridgehead atoms. The molecule has 2 aliphatic rings. The monoisotopic (exact) mass is 280 g/mol. The number of nitrogens with two attached hydrogens (primary N) is 1. The number of hydrogen-bond donors (Lipinski definition) is 1. The van der Waals surface area contributed by atoms with Crippen LogP contribution in [0.5, 0.6) is 0 Å². The molecule has 1 heterocycles. The van der Waals surface area contributed by atoms with Crippen molar-refractivity contribution in [3.8, 4) is 0 Å². The molecule has 1 saturated carbocycles. The van der Waals surface area contributed by atoms with E-state index in [0.717, 1.165) is 29.4 Å². The fourth-order valence-corrected chi connectivity index (χ4v) is 3.56. The Balaban J connectivity index is 1.88. The summed E-state index contributed by atoms with van der Waals surface area (Å²) in [6.45, 7) is 3.71. The maximum absolute atomic E-state index is 6.46. The van der Waals surface area contributed by atoms with E-state index in [1.807, 2.05) is 13.0 Å². The first-order chi connectivity index (χ1) is 9.16. The lowest BCUT2D eigenvalue weighted by atomic mass is 10.1. The number of anilines is 1. The number of morpholine rings is 1. The Bertz CT molecular complexity index is 463. The van der Waals surface area contributed by atoms with Crippen molar-refractivity contribution in [1.82, 2.24) is 0 Å². The molecular formula is C15H21ClN2O. The predicted molar refractivity (Wildman–Crippen MR) is 78.8 cm³/mol. The van der Waals surface area contributed by atoms with Crippen molar-refractivity contribution >= 4 is 17.3 Å². The van der Waals surface area contributed by atoms with E-state index in [0.29, 0.717) is 12.1 Å². The summed E-state index contributed by atoms with van der Waals surface area (Å²) in [6, 6.07) is 6.72. The van der Waals surface area contributed by atoms with Gasteiger partial charge in [0.25, 0.3) is 0 Å². The fourth-order valence-electron chi connectivity index (χ4n) is 3.26. The van der Waals surface area contributed by atoms with Gasteiger partial charge in [-0.2, -0.15) is 0 Å². The molecule has 0 aromatic heterocycles. The quantitative estimate of drug-likeness (QED) is 0.905. The Hall–Kier alpha value is -0.770. The van der Waals surface area contributed by atoms with Crippen LogP contribution in [0.2, 0.25) is 5.02 Å². The summed E-state index contributed by atoms with van der Waals surface area (Å²) in [4.78, 5) is 2.43. The van der Waals surface area contributed by atoms with E-state index in [9.17, 15) is 0 Å². The van der Waals surface area contributed by atoms with Crippen LogP contribution in [-0.4, -0.2) is 25.3 Å². The predicted octanol–water partition coefficient (Wildman–Crippen LogP) is 3.12. The Morgan fingerprint density at radius 1 is 1.42 bits per heavy atom. The molecule has 4 heteroatoms. The van der Waals surface area contributed by atoms with Crippen LogP contribution in [0.4, 0.5) is 5.69 Å². The number of fused-ring (bicyclic) bond motifs is 1. The summed E-state index contributed by atoms with van der Waals surface area (Å²) < 4.78 is 5.85. The Morgan fingerprint density at radius 2 is 2.26 bits per heavy atom. The lowest BCUT2D eigenvalue weighted by Crippen LogP contribution is -2.48. The van der Waals surface area contributed by atoms with Crippen LogP contribution in [0.3, 0.4) is 0 Å². The highest BCUT2D eigenvalue weighted by atomic mass is 35.5. The van der Waals surface area contributed by atoms with Crippen LogP contribution in [-0.2, 0) is 4.74 Å². The van der Waals surface area contributed by atoms with Gasteiger partial charge in [0.05, 0.1) is 29.5 Å². The third-order valence-corrected chi connectivity index (χ3v) is 4.59. The van der Waals surface area contributed by atoms with Gasteiger partial charge in [0.2, 0.25) is 0 Å². The number of rotatable bonds is 2. The second-order valence-electron chi connectivity index (χ2n) is 5.60. The Labute approximate surface area is 119 Å². The average Bonchev–Trinajstić information content (AvgIpc) is 2.86. The van der Waals surface area contributed by atoms with Crippen LogP contribution in [0, 0.1) is 0 Å². The van der Waals surface area contributed by atoms with Crippen LogP contribution in [0.15, 0.2) is 18.2 Å². The summed E-state index contributed by atoms with van der Waals surface area (Å²) in [5.41, 5.74) is 8.12. The van der Waals surface area contributed by atoms with Crippen molar-refractivity contribution in [1.29, 1.82) is 0 Å². The smallest absolute Gasteiger partial charge is 0.0779 e. The minimum atomic E-state index is 0.0236. The van der Waals surface area contributed by atoms with Crippen LogP contribution in [0.25, 0.3) is 0 Å². The second kappa shape index (κ2) is 5.31. The van der Waals surface area contributed by atoms with E-state index in [1.165, 1.54) is 19.3 Å². The number of ether oxygens (including phenoxy) is 1. The third kappa shape index (κ3) is 2.47. The zero-order valence-electron chi connectivity index (χ0n) is 11.3. The third-order valence-electron chi connectivity index (χ3n) is 4.29. The molecule has 2 N–H and O–H groups in total. The molecule has 2 unspecified atom stereocenters. The van der Waals surface area contributed by atoms with Gasteiger partial charge in [-0.25, -0.2) is 0 Å². The first-order valence-electron chi connectivity index (χ1n) is 7.10. The lowest BCUT2D eigenvalue weighted by molar-refractivity contribution is 0.0256. The molecule has 104 valence electrons. The van der Waals surface area contributed by atoms with Gasteiger partial charge in [-0.1, -0.05) is 17.7 Å². The highest BCUT2D eigenvalue weighted by molar-refractivity contribution is 6.33. The molecule has 0 radical (unpaired) electrons. The largest absolute Gasteiger partial charge is 0.374 e. The topological polar surface area (TPSA) is 38.5 Å². The van der Waals surface area contributed by atoms with Crippen LogP contribution >= 0.6 is 11.6 Å². The van der Waals surface area contributed by atoms with Gasteiger partial charge in [-0.05, 0) is 43.9 Å². The van der Waals surface area contributed by atoms with Gasteiger partial charge in [-0.15, -0.1) is 0 Å². The average molecular weight is 281 g/mol. The Morgan fingerprint density at radius 3 is 3.00 bits per heavy atom. The van der Waals surface area contributed by atoms with Crippen LogP contribution in [0.1, 0.15) is 37.8 Å². The summed E-state index contributed by atoms with van der Waals surface area (Å²) >= 11 is 6.46. The zero-order chi connectivity index (χ0) is 13.4. The van der Waals surface area contributed by atoms with Gasteiger partial charge >= 0.3 is 0 Å². The van der Waals surface area contributed by atoms with E-state index >= 15 is 0 Å². The molecule has 3 atom stereocenters. The van der Waals surface area contributed by atoms with E-state index < -0.39 is 0 Å². The lowest BCUT2D eigenvalue weighted by Gasteiger charge is -2.39. The fraction of sp³-hybridized carbons (Fsp3) is 0.600. The maximum Gasteiger partial charge on any atom is 0.0779 e. The maximum atomic E-state index is 6.46. The number of halogens is 1. The highest BCUT2D eigenvalue weighted by Gasteiger charge is 2.36. The van der Waals surface area contributed by atoms with Crippen LogP contribution < -0.4 is 10.6 Å². The summed E-state index contributed by atoms with van der Waals surface area (Å²) in [6.07, 6.45) is 4.02. The number of benzene rings is 1. The van der Waals surface area contributed by atoms with Gasteiger partial charge in [0.1, 0.15) is 0 Å². The number of nitrogens with zero attached hydrogens (tertiary/aromatic N) is 1. The van der Waals surface area contributed by atoms with Crippen molar-refractivity contribution in [3.05, 3.63) is 28.8 Å². The second-order valence-corrected chi connectivity index (χ2v) is 6.01. The number of hydrogen-bond acceptors (Lipinski definition) is 3. The molecule has 19 heavy (non-hydrogen) atoms. The molecule has 2 fully saturated rings. The van der Waals surface area contributed by atoms with Crippen molar-refractivity contribution in [2.24, 2.45) is 5.73 Å². The van der Waals surface area contributed by atoms with Crippen molar-refractivity contribution < 1.29 is 4.74 Å². The van der Waals surface area contributed by atoms with Crippen molar-refractivity contribution in [3.63, 3.8) is 0 Å². The molecule has 3 rings (SSSR count). The first-order valence-corrected chi connectivity index (χ1v) is 7.48. The molecule has 0 spiro atoms. The van der Waals surface area contributed by atoms with E-state index in [-0.39, 0.29) is 6.04 Å². The molecule has 1 aliphatic carbocycles. The van der Waals surface area contributed by atoms with E-state index in [2.05, 4.69) is 17.0 Å². The van der Waals surface area contributed by atoms with E-state index in [1.54, 1.807) is 0 Å². The highest BCUT2D eigenvalue weighted by Crippen LogP contribution is 2.37. The minimum Gasteiger partial charge on any atom is -0.374 e. The molecule has 1 aliphatic heterocycles. The molecule has 1 saturated heterocycles. The zero-order valence-corrected chi connectivity index (χ0v) is 12.1. The molecular weight excluding hydrogens is 260 g/mol. The van der Waals surface area contributed by atoms with Crippen molar-refractivity contribution in [2.75, 3.05) is 18.1 Å². The molecule has 0 amide bonds. The molecule has 1 aromatic rings. The summed E-state index contributed by atoms with van der Waals surface area (Å²) in [5.74, 6) is 0. The van der Waals surface area contributed by atoms with E-state index in [4.69, 9.17) is 22.1 Å². The minimum absolute atomic E-state index is 0.0236. The van der Waals surface area contributed by atoms with Gasteiger partial charge in [0, 0.05) is 12.6 Å². The SMILES string of the molecule is C[C@H](N)c1ccc(N2CCOC3CCCC32)c(Cl)c1. The van der Waals surface area contributed by atoms with Gasteiger partial charge < -0.3 is 15.4 Å². The molecule has 1 aromatic carbocycles. The normalized spacial score (nSPS) is 28.3. The van der Waals surface area contributed by atoms with Gasteiger partial charge in [-0.3, -0.25) is 0 Å². The summed E-state index contributed by atoms with van der Waals surface area (Å²) in [7, 11) is 0. The molecule has 3 nitrogen and oxygen atoms in total. The van der Waals surface area contributed by atoms with Gasteiger partial charge in [0.15, 0.2) is 0 Å². The first kappa shape index (κ1) is 13.2. The standard InChI is InChI=1S/C15H21ClN2O/c1-10(17)11-5-6-13(12(16)9-11)18-7-8-19-15-4-2-3-14(15)18/h5-6,9-10,14-15H,2-4,7-8,17H2,1H3/t10-,14?,15?/m0/s1. The van der Waals surface area contributed by atoms with Crippen molar-refractivity contribution in [2.45, 2.75) is 44.4 Å². The summed E-state index contributed by atoms with van der Waals surface area (Å²) in [5, 5.41) is 0.808. The Kier molecular flexibility index (Phi) is 3.70.